The highest BCUT2D eigenvalue weighted by Gasteiger charge is 2.41. The maximum Gasteiger partial charge on any atom is 0.187 e. The SMILES string of the molecule is CC(C(=O)c1ccccc1)(c1ccccc1)N1CCOCC1. The number of carbonyl (C=O) groups excluding carboxylic acids is 1. The lowest BCUT2D eigenvalue weighted by atomic mass is 9.82. The van der Waals surface area contributed by atoms with Gasteiger partial charge in [-0.2, -0.15) is 0 Å². The molecule has 114 valence electrons. The molecule has 1 aliphatic heterocycles. The molecule has 0 aliphatic carbocycles. The van der Waals surface area contributed by atoms with Crippen LogP contribution in [-0.2, 0) is 10.3 Å². The third kappa shape index (κ3) is 2.70. The van der Waals surface area contributed by atoms with E-state index in [-0.39, 0.29) is 5.78 Å². The van der Waals surface area contributed by atoms with Crippen molar-refractivity contribution >= 4 is 5.78 Å². The van der Waals surface area contributed by atoms with Gasteiger partial charge in [-0.1, -0.05) is 60.7 Å². The molecule has 1 unspecified atom stereocenters. The predicted molar refractivity (Wildman–Crippen MR) is 87.0 cm³/mol. The minimum absolute atomic E-state index is 0.140. The number of carbonyl (C=O) groups is 1. The van der Waals surface area contributed by atoms with Gasteiger partial charge in [0.15, 0.2) is 5.78 Å². The van der Waals surface area contributed by atoms with Crippen LogP contribution in [0.15, 0.2) is 60.7 Å². The molecule has 22 heavy (non-hydrogen) atoms. The molecule has 0 N–H and O–H groups in total. The van der Waals surface area contributed by atoms with E-state index in [1.807, 2.05) is 67.6 Å². The summed E-state index contributed by atoms with van der Waals surface area (Å²) >= 11 is 0. The van der Waals surface area contributed by atoms with E-state index in [0.717, 1.165) is 24.2 Å². The number of hydrogen-bond acceptors (Lipinski definition) is 3. The molecule has 1 fully saturated rings. The summed E-state index contributed by atoms with van der Waals surface area (Å²) in [5, 5.41) is 0. The average molecular weight is 295 g/mol. The van der Waals surface area contributed by atoms with Crippen LogP contribution in [0.25, 0.3) is 0 Å². The zero-order chi connectivity index (χ0) is 15.4. The Morgan fingerprint density at radius 3 is 2.09 bits per heavy atom. The number of benzene rings is 2. The van der Waals surface area contributed by atoms with E-state index < -0.39 is 5.54 Å². The van der Waals surface area contributed by atoms with Crippen molar-refractivity contribution in [2.45, 2.75) is 12.5 Å². The van der Waals surface area contributed by atoms with E-state index in [4.69, 9.17) is 4.74 Å². The van der Waals surface area contributed by atoms with Crippen LogP contribution >= 0.6 is 0 Å². The fourth-order valence-electron chi connectivity index (χ4n) is 3.10. The lowest BCUT2D eigenvalue weighted by Crippen LogP contribution is -2.54. The summed E-state index contributed by atoms with van der Waals surface area (Å²) in [5.41, 5.74) is 1.12. The first-order chi connectivity index (χ1) is 10.7. The lowest BCUT2D eigenvalue weighted by Gasteiger charge is -2.42. The Morgan fingerprint density at radius 1 is 0.955 bits per heavy atom. The van der Waals surface area contributed by atoms with Crippen LogP contribution in [0.3, 0.4) is 0 Å². The van der Waals surface area contributed by atoms with Gasteiger partial charge in [0.1, 0.15) is 5.54 Å². The Labute approximate surface area is 131 Å². The van der Waals surface area contributed by atoms with Crippen LogP contribution < -0.4 is 0 Å². The molecule has 1 heterocycles. The number of morpholine rings is 1. The number of hydrogen-bond donors (Lipinski definition) is 0. The topological polar surface area (TPSA) is 29.5 Å². The fraction of sp³-hybridized carbons (Fsp3) is 0.316. The molecule has 0 spiro atoms. The molecule has 1 atom stereocenters. The van der Waals surface area contributed by atoms with Gasteiger partial charge in [0.05, 0.1) is 13.2 Å². The summed E-state index contributed by atoms with van der Waals surface area (Å²) in [7, 11) is 0. The molecule has 0 radical (unpaired) electrons. The Bertz CT molecular complexity index is 620. The lowest BCUT2D eigenvalue weighted by molar-refractivity contribution is -0.0111. The molecular formula is C19H21NO2. The van der Waals surface area contributed by atoms with Crippen molar-refractivity contribution in [1.29, 1.82) is 0 Å². The van der Waals surface area contributed by atoms with Gasteiger partial charge in [-0.15, -0.1) is 0 Å². The van der Waals surface area contributed by atoms with Crippen LogP contribution in [0.4, 0.5) is 0 Å². The molecule has 0 aromatic heterocycles. The molecule has 1 saturated heterocycles. The molecule has 3 rings (SSSR count). The van der Waals surface area contributed by atoms with Gasteiger partial charge in [0.25, 0.3) is 0 Å². The van der Waals surface area contributed by atoms with Crippen LogP contribution in [0.5, 0.6) is 0 Å². The maximum absolute atomic E-state index is 13.3. The van der Waals surface area contributed by atoms with Crippen LogP contribution in [-0.4, -0.2) is 37.0 Å². The largest absolute Gasteiger partial charge is 0.379 e. The van der Waals surface area contributed by atoms with Crippen molar-refractivity contribution < 1.29 is 9.53 Å². The molecular weight excluding hydrogens is 274 g/mol. The molecule has 3 nitrogen and oxygen atoms in total. The summed E-state index contributed by atoms with van der Waals surface area (Å²) in [4.78, 5) is 15.5. The summed E-state index contributed by atoms with van der Waals surface area (Å²) in [6, 6.07) is 19.6. The highest BCUT2D eigenvalue weighted by Crippen LogP contribution is 2.32. The van der Waals surface area contributed by atoms with E-state index in [1.165, 1.54) is 0 Å². The summed E-state index contributed by atoms with van der Waals surface area (Å²) in [5.74, 6) is 0.140. The van der Waals surface area contributed by atoms with E-state index in [2.05, 4.69) is 4.90 Å². The Balaban J connectivity index is 2.04. The number of rotatable bonds is 4. The second-order valence-corrected chi connectivity index (χ2v) is 5.73. The number of Topliss-reactive ketones (excluding diaryl/α,β-unsaturated/α-hetero) is 1. The first-order valence-corrected chi connectivity index (χ1v) is 7.71. The maximum atomic E-state index is 13.3. The van der Waals surface area contributed by atoms with Crippen molar-refractivity contribution in [2.24, 2.45) is 0 Å². The smallest absolute Gasteiger partial charge is 0.187 e. The molecule has 0 amide bonds. The number of nitrogens with zero attached hydrogens (tertiary/aromatic N) is 1. The number of ketones is 1. The van der Waals surface area contributed by atoms with E-state index in [1.54, 1.807) is 0 Å². The molecule has 0 bridgehead atoms. The van der Waals surface area contributed by atoms with Crippen molar-refractivity contribution in [3.8, 4) is 0 Å². The second kappa shape index (κ2) is 6.42. The van der Waals surface area contributed by atoms with Gasteiger partial charge < -0.3 is 4.74 Å². The van der Waals surface area contributed by atoms with Gasteiger partial charge in [0.2, 0.25) is 0 Å². The Hall–Kier alpha value is -1.97. The summed E-state index contributed by atoms with van der Waals surface area (Å²) in [6.07, 6.45) is 0. The molecule has 3 heteroatoms. The van der Waals surface area contributed by atoms with Crippen LogP contribution in [0.2, 0.25) is 0 Å². The van der Waals surface area contributed by atoms with Gasteiger partial charge in [-0.05, 0) is 12.5 Å². The Kier molecular flexibility index (Phi) is 4.36. The summed E-state index contributed by atoms with van der Waals surface area (Å²) in [6.45, 7) is 4.91. The minimum atomic E-state index is -0.660. The van der Waals surface area contributed by atoms with Gasteiger partial charge in [-0.25, -0.2) is 0 Å². The standard InChI is InChI=1S/C19H21NO2/c1-19(17-10-6-3-7-11-17,20-12-14-22-15-13-20)18(21)16-8-4-2-5-9-16/h2-11H,12-15H2,1H3. The number of ether oxygens (including phenoxy) is 1. The molecule has 2 aromatic carbocycles. The quantitative estimate of drug-likeness (QED) is 0.812. The van der Waals surface area contributed by atoms with Gasteiger partial charge in [0, 0.05) is 18.7 Å². The first kappa shape index (κ1) is 14.9. The monoisotopic (exact) mass is 295 g/mol. The van der Waals surface area contributed by atoms with Crippen LogP contribution in [0.1, 0.15) is 22.8 Å². The van der Waals surface area contributed by atoms with Crippen molar-refractivity contribution in [1.82, 2.24) is 4.90 Å². The predicted octanol–water partition coefficient (Wildman–Crippen LogP) is 3.12. The second-order valence-electron chi connectivity index (χ2n) is 5.73. The van der Waals surface area contributed by atoms with Crippen molar-refractivity contribution in [3.05, 3.63) is 71.8 Å². The van der Waals surface area contributed by atoms with Crippen molar-refractivity contribution in [2.75, 3.05) is 26.3 Å². The van der Waals surface area contributed by atoms with Gasteiger partial charge >= 0.3 is 0 Å². The van der Waals surface area contributed by atoms with E-state index in [9.17, 15) is 4.79 Å². The van der Waals surface area contributed by atoms with Crippen LogP contribution in [0, 0.1) is 0 Å². The molecule has 2 aromatic rings. The first-order valence-electron chi connectivity index (χ1n) is 7.71. The third-order valence-electron chi connectivity index (χ3n) is 4.46. The van der Waals surface area contributed by atoms with Crippen molar-refractivity contribution in [3.63, 3.8) is 0 Å². The normalized spacial score (nSPS) is 18.6. The Morgan fingerprint density at radius 2 is 1.50 bits per heavy atom. The highest BCUT2D eigenvalue weighted by atomic mass is 16.5. The third-order valence-corrected chi connectivity index (χ3v) is 4.46. The summed E-state index contributed by atoms with van der Waals surface area (Å²) < 4.78 is 5.46. The zero-order valence-corrected chi connectivity index (χ0v) is 12.9. The minimum Gasteiger partial charge on any atom is -0.379 e. The zero-order valence-electron chi connectivity index (χ0n) is 12.9. The van der Waals surface area contributed by atoms with Gasteiger partial charge in [-0.3, -0.25) is 9.69 Å². The van der Waals surface area contributed by atoms with E-state index in [0.29, 0.717) is 13.2 Å². The fourth-order valence-corrected chi connectivity index (χ4v) is 3.10. The molecule has 1 aliphatic rings. The highest BCUT2D eigenvalue weighted by molar-refractivity contribution is 6.03. The average Bonchev–Trinajstić information content (AvgIpc) is 2.62. The molecule has 0 saturated carbocycles. The van der Waals surface area contributed by atoms with E-state index >= 15 is 0 Å².